The van der Waals surface area contributed by atoms with Crippen molar-refractivity contribution in [3.05, 3.63) is 59.7 Å². The van der Waals surface area contributed by atoms with Crippen LogP contribution in [0.4, 0.5) is 10.8 Å². The molecule has 200 valence electrons. The van der Waals surface area contributed by atoms with E-state index in [-0.39, 0.29) is 18.1 Å². The Morgan fingerprint density at radius 1 is 1.16 bits per heavy atom. The number of likely N-dealkylation sites (N-methyl/N-ethyl adjacent to an activating group) is 1. The van der Waals surface area contributed by atoms with Crippen molar-refractivity contribution in [2.24, 2.45) is 0 Å². The smallest absolute Gasteiger partial charge is 0.232 e. The highest BCUT2D eigenvalue weighted by molar-refractivity contribution is 7.92. The summed E-state index contributed by atoms with van der Waals surface area (Å²) in [4.78, 5) is 29.3. The number of aromatic amines is 1. The van der Waals surface area contributed by atoms with Crippen molar-refractivity contribution in [3.63, 3.8) is 0 Å². The highest BCUT2D eigenvalue weighted by Gasteiger charge is 2.17. The third kappa shape index (κ3) is 6.76. The van der Waals surface area contributed by atoms with Gasteiger partial charge in [-0.3, -0.25) is 9.52 Å². The van der Waals surface area contributed by atoms with Crippen molar-refractivity contribution in [1.82, 2.24) is 24.8 Å². The molecule has 4 heterocycles. The van der Waals surface area contributed by atoms with Gasteiger partial charge in [-0.15, -0.1) is 11.3 Å². The second-order valence-corrected chi connectivity index (χ2v) is 12.2. The van der Waals surface area contributed by atoms with Crippen molar-refractivity contribution in [1.29, 1.82) is 0 Å². The monoisotopic (exact) mass is 553 g/mol. The fourth-order valence-electron chi connectivity index (χ4n) is 4.50. The zero-order valence-electron chi connectivity index (χ0n) is 21.2. The summed E-state index contributed by atoms with van der Waals surface area (Å²) < 4.78 is 27.9. The first kappa shape index (κ1) is 26.3. The molecule has 0 bridgehead atoms. The van der Waals surface area contributed by atoms with Gasteiger partial charge in [-0.1, -0.05) is 12.1 Å². The van der Waals surface area contributed by atoms with Gasteiger partial charge in [0.1, 0.15) is 5.65 Å². The Balaban J connectivity index is 1.13. The van der Waals surface area contributed by atoms with E-state index in [0.29, 0.717) is 22.8 Å². The van der Waals surface area contributed by atoms with Gasteiger partial charge in [0.2, 0.25) is 15.9 Å². The summed E-state index contributed by atoms with van der Waals surface area (Å²) in [6, 6.07) is 10.8. The minimum absolute atomic E-state index is 0.0585. The zero-order chi connectivity index (χ0) is 26.5. The summed E-state index contributed by atoms with van der Waals surface area (Å²) in [5.41, 5.74) is 3.63. The van der Waals surface area contributed by atoms with E-state index in [2.05, 4.69) is 41.8 Å². The molecule has 1 aliphatic heterocycles. The number of sulfonamides is 1. The number of nitrogens with zero attached hydrogens (tertiary/aromatic N) is 4. The zero-order valence-corrected chi connectivity index (χ0v) is 22.8. The number of thiazole rings is 1. The number of carbonyl (C=O) groups is 1. The van der Waals surface area contributed by atoms with Crippen molar-refractivity contribution in [3.8, 4) is 11.3 Å². The quantitative estimate of drug-likeness (QED) is 0.275. The molecule has 4 aromatic rings. The van der Waals surface area contributed by atoms with Crippen molar-refractivity contribution >= 4 is 49.1 Å². The van der Waals surface area contributed by atoms with Gasteiger partial charge in [0.25, 0.3) is 0 Å². The SMILES string of the molecule is CN1CCN(CCCS(=O)(=O)Nc2cccc(CC(=O)Nc3nc(-c4c[nH]c5ncccc45)cs3)c2)CC1. The lowest BCUT2D eigenvalue weighted by Crippen LogP contribution is -2.45. The molecule has 1 amide bonds. The van der Waals surface area contributed by atoms with Gasteiger partial charge in [0.05, 0.1) is 17.9 Å². The largest absolute Gasteiger partial charge is 0.345 e. The molecule has 3 N–H and O–H groups in total. The number of carbonyl (C=O) groups excluding carboxylic acids is 1. The summed E-state index contributed by atoms with van der Waals surface area (Å²) >= 11 is 1.35. The molecule has 0 unspecified atom stereocenters. The molecule has 1 fully saturated rings. The predicted molar refractivity (Wildman–Crippen MR) is 152 cm³/mol. The number of aromatic nitrogens is 3. The van der Waals surface area contributed by atoms with Crippen LogP contribution in [-0.4, -0.2) is 84.6 Å². The van der Waals surface area contributed by atoms with Gasteiger partial charge in [0, 0.05) is 60.6 Å². The second kappa shape index (κ2) is 11.6. The summed E-state index contributed by atoms with van der Waals surface area (Å²) in [6.45, 7) is 4.73. The number of piperazine rings is 1. The number of hydrogen-bond donors (Lipinski definition) is 3. The van der Waals surface area contributed by atoms with E-state index in [1.54, 1.807) is 30.5 Å². The number of benzene rings is 1. The van der Waals surface area contributed by atoms with Gasteiger partial charge in [0.15, 0.2) is 5.13 Å². The highest BCUT2D eigenvalue weighted by Crippen LogP contribution is 2.30. The van der Waals surface area contributed by atoms with Crippen LogP contribution < -0.4 is 10.0 Å². The molecule has 0 radical (unpaired) electrons. The highest BCUT2D eigenvalue weighted by atomic mass is 32.2. The Labute approximate surface area is 226 Å². The van der Waals surface area contributed by atoms with E-state index in [1.807, 2.05) is 23.7 Å². The maximum Gasteiger partial charge on any atom is 0.232 e. The topological polar surface area (TPSA) is 123 Å². The average molecular weight is 554 g/mol. The molecule has 3 aromatic heterocycles. The lowest BCUT2D eigenvalue weighted by atomic mass is 10.1. The molecule has 0 aliphatic carbocycles. The number of amides is 1. The van der Waals surface area contributed by atoms with Gasteiger partial charge < -0.3 is 20.1 Å². The minimum Gasteiger partial charge on any atom is -0.345 e. The van der Waals surface area contributed by atoms with Crippen molar-refractivity contribution < 1.29 is 13.2 Å². The van der Waals surface area contributed by atoms with Crippen LogP contribution in [0.25, 0.3) is 22.3 Å². The number of hydrogen-bond acceptors (Lipinski definition) is 8. The maximum absolute atomic E-state index is 12.7. The van der Waals surface area contributed by atoms with Crippen LogP contribution in [0.5, 0.6) is 0 Å². The first-order valence-corrected chi connectivity index (χ1v) is 15.1. The maximum atomic E-state index is 12.7. The van der Waals surface area contributed by atoms with Crippen LogP contribution in [-0.2, 0) is 21.2 Å². The number of fused-ring (bicyclic) bond motifs is 1. The third-order valence-corrected chi connectivity index (χ3v) is 8.66. The summed E-state index contributed by atoms with van der Waals surface area (Å²) in [6.07, 6.45) is 4.26. The molecule has 1 saturated heterocycles. The number of H-pyrrole nitrogens is 1. The predicted octanol–water partition coefficient (Wildman–Crippen LogP) is 3.25. The van der Waals surface area contributed by atoms with E-state index >= 15 is 0 Å². The third-order valence-electron chi connectivity index (χ3n) is 6.53. The normalized spacial score (nSPS) is 15.1. The molecule has 0 spiro atoms. The van der Waals surface area contributed by atoms with Crippen LogP contribution in [0.3, 0.4) is 0 Å². The number of anilines is 2. The number of nitrogens with one attached hydrogen (secondary N) is 3. The Morgan fingerprint density at radius 3 is 2.84 bits per heavy atom. The van der Waals surface area contributed by atoms with E-state index in [4.69, 9.17) is 0 Å². The molecule has 38 heavy (non-hydrogen) atoms. The van der Waals surface area contributed by atoms with Crippen LogP contribution in [0.1, 0.15) is 12.0 Å². The first-order chi connectivity index (χ1) is 18.3. The molecule has 0 saturated carbocycles. The van der Waals surface area contributed by atoms with Gasteiger partial charge in [-0.05, 0) is 49.8 Å². The number of pyridine rings is 1. The molecule has 10 nitrogen and oxygen atoms in total. The molecular weight excluding hydrogens is 522 g/mol. The van der Waals surface area contributed by atoms with Crippen LogP contribution in [0.15, 0.2) is 54.2 Å². The summed E-state index contributed by atoms with van der Waals surface area (Å²) in [5, 5.41) is 6.21. The lowest BCUT2D eigenvalue weighted by Gasteiger charge is -2.32. The van der Waals surface area contributed by atoms with E-state index < -0.39 is 10.0 Å². The Bertz CT molecular complexity index is 1510. The lowest BCUT2D eigenvalue weighted by molar-refractivity contribution is -0.115. The van der Waals surface area contributed by atoms with Crippen LogP contribution in [0.2, 0.25) is 0 Å². The molecule has 5 rings (SSSR count). The summed E-state index contributed by atoms with van der Waals surface area (Å²) in [5.74, 6) is -0.165. The van der Waals surface area contributed by atoms with Gasteiger partial charge in [-0.2, -0.15) is 0 Å². The van der Waals surface area contributed by atoms with Crippen LogP contribution >= 0.6 is 11.3 Å². The fraction of sp³-hybridized carbons (Fsp3) is 0.346. The Kier molecular flexibility index (Phi) is 8.03. The van der Waals surface area contributed by atoms with E-state index in [0.717, 1.165) is 55.0 Å². The minimum atomic E-state index is -3.48. The Morgan fingerprint density at radius 2 is 2.00 bits per heavy atom. The standard InChI is InChI=1S/C26H31N7O3S2/c1-32-10-12-33(13-11-32)9-4-14-38(35,36)31-20-6-2-5-19(15-20)16-24(34)30-26-29-23(18-37-26)22-17-28-25-21(22)7-3-8-27-25/h2-3,5-8,15,17-18,31H,4,9-14,16H2,1H3,(H,27,28)(H,29,30,34). The van der Waals surface area contributed by atoms with Gasteiger partial charge in [-0.25, -0.2) is 18.4 Å². The van der Waals surface area contributed by atoms with Crippen molar-refractivity contribution in [2.75, 3.05) is 55.6 Å². The second-order valence-electron chi connectivity index (χ2n) is 9.48. The van der Waals surface area contributed by atoms with E-state index in [1.165, 1.54) is 11.3 Å². The van der Waals surface area contributed by atoms with Crippen molar-refractivity contribution in [2.45, 2.75) is 12.8 Å². The fourth-order valence-corrected chi connectivity index (χ4v) is 6.32. The van der Waals surface area contributed by atoms with E-state index in [9.17, 15) is 13.2 Å². The average Bonchev–Trinajstić information content (AvgIpc) is 3.52. The molecular formula is C26H31N7O3S2. The van der Waals surface area contributed by atoms with Crippen LogP contribution in [0, 0.1) is 0 Å². The molecule has 1 aliphatic rings. The van der Waals surface area contributed by atoms with Gasteiger partial charge >= 0.3 is 0 Å². The summed E-state index contributed by atoms with van der Waals surface area (Å²) in [7, 11) is -1.38. The first-order valence-electron chi connectivity index (χ1n) is 12.5. The Hall–Kier alpha value is -3.32. The number of rotatable bonds is 10. The molecule has 12 heteroatoms. The molecule has 1 aromatic carbocycles. The molecule has 0 atom stereocenters.